The van der Waals surface area contributed by atoms with Crippen molar-refractivity contribution in [3.05, 3.63) is 50.8 Å². The molecule has 1 aromatic carbocycles. The molecule has 0 saturated heterocycles. The van der Waals surface area contributed by atoms with Gasteiger partial charge in [-0.25, -0.2) is 14.2 Å². The molecule has 0 aliphatic carbocycles. The summed E-state index contributed by atoms with van der Waals surface area (Å²) in [6, 6.07) is 5.77. The summed E-state index contributed by atoms with van der Waals surface area (Å²) in [5.41, 5.74) is -0.349. The number of pyridine rings is 1. The maximum Gasteiger partial charge on any atom is 0.338 e. The third-order valence-electron chi connectivity index (χ3n) is 2.16. The quantitative estimate of drug-likeness (QED) is 0.809. The Morgan fingerprint density at radius 2 is 2.05 bits per heavy atom. The summed E-state index contributed by atoms with van der Waals surface area (Å²) in [5.74, 6) is -2.04. The lowest BCUT2D eigenvalue weighted by Gasteiger charge is -2.05. The van der Waals surface area contributed by atoms with Crippen LogP contribution in [0, 0.1) is 5.82 Å². The predicted molar refractivity (Wildman–Crippen MR) is 77.1 cm³/mol. The number of carboxylic acids is 1. The molecule has 1 N–H and O–H groups in total. The number of rotatable bonds is 3. The fraction of sp³-hybridized carbons (Fsp3) is 0. The number of benzene rings is 1. The molecule has 0 spiro atoms. The lowest BCUT2D eigenvalue weighted by atomic mass is 10.2. The zero-order valence-corrected chi connectivity index (χ0v) is 13.2. The Morgan fingerprint density at radius 3 is 2.68 bits per heavy atom. The van der Waals surface area contributed by atoms with Crippen LogP contribution < -0.4 is 0 Å². The molecule has 0 aliphatic heterocycles. The van der Waals surface area contributed by atoms with E-state index in [2.05, 4.69) is 36.8 Å². The summed E-state index contributed by atoms with van der Waals surface area (Å²) < 4.78 is 14.9. The van der Waals surface area contributed by atoms with E-state index in [9.17, 15) is 9.18 Å². The highest BCUT2D eigenvalue weighted by atomic mass is 79.9. The van der Waals surface area contributed by atoms with Gasteiger partial charge in [-0.1, -0.05) is 11.8 Å². The van der Waals surface area contributed by atoms with E-state index in [-0.39, 0.29) is 5.56 Å². The van der Waals surface area contributed by atoms with Gasteiger partial charge in [-0.15, -0.1) is 0 Å². The molecule has 7 heteroatoms. The van der Waals surface area contributed by atoms with Crippen molar-refractivity contribution in [3.8, 4) is 0 Å². The molecule has 0 fully saturated rings. The Hall–Kier alpha value is -0.920. The molecule has 3 nitrogen and oxygen atoms in total. The third kappa shape index (κ3) is 3.55. The normalized spacial score (nSPS) is 10.5. The number of hydrogen-bond acceptors (Lipinski definition) is 3. The first-order chi connectivity index (χ1) is 8.97. The number of aromatic carboxylic acids is 1. The SMILES string of the molecule is O=C(O)c1cc(Sc2ncc(Br)cc2Br)ccc1F. The van der Waals surface area contributed by atoms with Crippen LogP contribution in [-0.4, -0.2) is 16.1 Å². The molecule has 0 aliphatic rings. The van der Waals surface area contributed by atoms with Crippen LogP contribution in [-0.2, 0) is 0 Å². The van der Waals surface area contributed by atoms with Crippen LogP contribution in [0.4, 0.5) is 4.39 Å². The number of halogens is 3. The van der Waals surface area contributed by atoms with Crippen LogP contribution in [0.15, 0.2) is 49.3 Å². The van der Waals surface area contributed by atoms with Crippen LogP contribution in [0.2, 0.25) is 0 Å². The van der Waals surface area contributed by atoms with E-state index < -0.39 is 11.8 Å². The van der Waals surface area contributed by atoms with Gasteiger partial charge < -0.3 is 5.11 Å². The monoisotopic (exact) mass is 405 g/mol. The second-order valence-corrected chi connectivity index (χ2v) is 6.32. The van der Waals surface area contributed by atoms with Crippen LogP contribution in [0.1, 0.15) is 10.4 Å². The van der Waals surface area contributed by atoms with Gasteiger partial charge in [0.15, 0.2) is 0 Å². The molecule has 2 aromatic rings. The highest BCUT2D eigenvalue weighted by Crippen LogP contribution is 2.33. The Bertz CT molecular complexity index is 652. The minimum atomic E-state index is -1.29. The van der Waals surface area contributed by atoms with Crippen molar-refractivity contribution in [1.82, 2.24) is 4.98 Å². The van der Waals surface area contributed by atoms with Gasteiger partial charge in [0, 0.05) is 15.6 Å². The topological polar surface area (TPSA) is 50.2 Å². The number of nitrogens with zero attached hydrogens (tertiary/aromatic N) is 1. The van der Waals surface area contributed by atoms with Crippen molar-refractivity contribution in [3.63, 3.8) is 0 Å². The van der Waals surface area contributed by atoms with Crippen LogP contribution in [0.3, 0.4) is 0 Å². The van der Waals surface area contributed by atoms with Crippen molar-refractivity contribution < 1.29 is 14.3 Å². The van der Waals surface area contributed by atoms with Crippen molar-refractivity contribution in [2.24, 2.45) is 0 Å². The fourth-order valence-corrected chi connectivity index (χ4v) is 3.35. The second-order valence-electron chi connectivity index (χ2n) is 3.49. The molecule has 1 aromatic heterocycles. The summed E-state index contributed by atoms with van der Waals surface area (Å²) in [6.07, 6.45) is 1.63. The first-order valence-corrected chi connectivity index (χ1v) is 7.39. The zero-order valence-electron chi connectivity index (χ0n) is 9.23. The van der Waals surface area contributed by atoms with E-state index in [4.69, 9.17) is 5.11 Å². The molecular formula is C12H6Br2FNO2S. The molecular weight excluding hydrogens is 401 g/mol. The van der Waals surface area contributed by atoms with Gasteiger partial charge in [0.05, 0.1) is 10.0 Å². The van der Waals surface area contributed by atoms with Crippen molar-refractivity contribution in [2.45, 2.75) is 9.92 Å². The average molecular weight is 407 g/mol. The zero-order chi connectivity index (χ0) is 14.0. The van der Waals surface area contributed by atoms with Crippen LogP contribution in [0.5, 0.6) is 0 Å². The minimum absolute atomic E-state index is 0.349. The maximum atomic E-state index is 13.3. The largest absolute Gasteiger partial charge is 0.478 e. The Balaban J connectivity index is 2.33. The molecule has 98 valence electrons. The predicted octanol–water partition coefficient (Wildman–Crippen LogP) is 4.60. The Labute approximate surface area is 129 Å². The Kier molecular flexibility index (Phi) is 4.59. The van der Waals surface area contributed by atoms with Gasteiger partial charge in [0.25, 0.3) is 0 Å². The van der Waals surface area contributed by atoms with Crippen LogP contribution >= 0.6 is 43.6 Å². The molecule has 0 radical (unpaired) electrons. The average Bonchev–Trinajstić information content (AvgIpc) is 2.34. The molecule has 0 unspecified atom stereocenters. The van der Waals surface area contributed by atoms with E-state index in [0.717, 1.165) is 15.0 Å². The lowest BCUT2D eigenvalue weighted by molar-refractivity contribution is 0.0691. The molecule has 2 rings (SSSR count). The van der Waals surface area contributed by atoms with E-state index in [1.807, 2.05) is 6.07 Å². The summed E-state index contributed by atoms with van der Waals surface area (Å²) in [4.78, 5) is 15.7. The van der Waals surface area contributed by atoms with Gasteiger partial charge in [-0.05, 0) is 56.1 Å². The fourth-order valence-electron chi connectivity index (χ4n) is 1.32. The molecule has 0 amide bonds. The van der Waals surface area contributed by atoms with Gasteiger partial charge in [0.1, 0.15) is 10.8 Å². The number of aromatic nitrogens is 1. The lowest BCUT2D eigenvalue weighted by Crippen LogP contribution is -2.00. The number of carbonyl (C=O) groups is 1. The molecule has 0 bridgehead atoms. The smallest absolute Gasteiger partial charge is 0.338 e. The highest BCUT2D eigenvalue weighted by Gasteiger charge is 2.12. The van der Waals surface area contributed by atoms with E-state index in [1.165, 1.54) is 23.9 Å². The molecule has 19 heavy (non-hydrogen) atoms. The maximum absolute atomic E-state index is 13.3. The van der Waals surface area contributed by atoms with Gasteiger partial charge >= 0.3 is 5.97 Å². The first kappa shape index (κ1) is 14.5. The summed E-state index contributed by atoms with van der Waals surface area (Å²) in [5, 5.41) is 9.54. The number of hydrogen-bond donors (Lipinski definition) is 1. The molecule has 1 heterocycles. The molecule has 0 atom stereocenters. The number of carboxylic acid groups (broad SMARTS) is 1. The van der Waals surface area contributed by atoms with E-state index in [0.29, 0.717) is 9.92 Å². The minimum Gasteiger partial charge on any atom is -0.478 e. The van der Waals surface area contributed by atoms with Crippen molar-refractivity contribution in [1.29, 1.82) is 0 Å². The van der Waals surface area contributed by atoms with Gasteiger partial charge in [-0.3, -0.25) is 0 Å². The van der Waals surface area contributed by atoms with E-state index >= 15 is 0 Å². The first-order valence-electron chi connectivity index (χ1n) is 4.99. The summed E-state index contributed by atoms with van der Waals surface area (Å²) >= 11 is 7.91. The second kappa shape index (κ2) is 6.02. The standard InChI is InChI=1S/C12H6Br2FNO2S/c13-6-3-9(14)11(16-5-6)19-7-1-2-10(15)8(4-7)12(17)18/h1-5H,(H,17,18). The summed E-state index contributed by atoms with van der Waals surface area (Å²) in [7, 11) is 0. The summed E-state index contributed by atoms with van der Waals surface area (Å²) in [6.45, 7) is 0. The molecule has 0 saturated carbocycles. The highest BCUT2D eigenvalue weighted by molar-refractivity contribution is 9.11. The third-order valence-corrected chi connectivity index (χ3v) is 4.47. The van der Waals surface area contributed by atoms with Crippen molar-refractivity contribution in [2.75, 3.05) is 0 Å². The van der Waals surface area contributed by atoms with Gasteiger partial charge in [-0.2, -0.15) is 0 Å². The van der Waals surface area contributed by atoms with E-state index in [1.54, 1.807) is 6.20 Å². The van der Waals surface area contributed by atoms with Crippen molar-refractivity contribution >= 4 is 49.6 Å². The van der Waals surface area contributed by atoms with Gasteiger partial charge in [0.2, 0.25) is 0 Å². The Morgan fingerprint density at radius 1 is 1.32 bits per heavy atom. The van der Waals surface area contributed by atoms with Crippen LogP contribution in [0.25, 0.3) is 0 Å².